The molecule has 0 aliphatic carbocycles. The van der Waals surface area contributed by atoms with E-state index in [-0.39, 0.29) is 11.7 Å². The molecule has 1 aromatic carbocycles. The van der Waals surface area contributed by atoms with Gasteiger partial charge in [-0.05, 0) is 43.3 Å². The number of amides is 1. The zero-order chi connectivity index (χ0) is 19.2. The summed E-state index contributed by atoms with van der Waals surface area (Å²) in [5.74, 6) is 0.946. The summed E-state index contributed by atoms with van der Waals surface area (Å²) in [6, 6.07) is 11.7. The second kappa shape index (κ2) is 8.95. The first-order chi connectivity index (χ1) is 13.0. The van der Waals surface area contributed by atoms with Crippen molar-refractivity contribution in [1.82, 2.24) is 15.4 Å². The number of nitrogens with zero attached hydrogens (tertiary/aromatic N) is 2. The van der Waals surface area contributed by atoms with E-state index >= 15 is 0 Å². The predicted octanol–water partition coefficient (Wildman–Crippen LogP) is 2.69. The van der Waals surface area contributed by atoms with E-state index in [1.807, 2.05) is 37.4 Å². The van der Waals surface area contributed by atoms with Gasteiger partial charge in [-0.25, -0.2) is 0 Å². The standard InChI is InChI=1S/C21H27N3O3/c1-15(25)20-12-19(23-27-20)10-18-13-22-9-8-17(18)11-21(26)24(2)14-16-6-4-3-5-7-16/h3-7,12,17-18,22H,8-11,13-14H2,1-2H3. The second-order valence-corrected chi connectivity index (χ2v) is 7.40. The molecule has 1 N–H and O–H groups in total. The van der Waals surface area contributed by atoms with Crippen molar-refractivity contribution in [3.63, 3.8) is 0 Å². The Morgan fingerprint density at radius 1 is 1.26 bits per heavy atom. The van der Waals surface area contributed by atoms with Gasteiger partial charge in [0.05, 0.1) is 5.69 Å². The molecule has 27 heavy (non-hydrogen) atoms. The van der Waals surface area contributed by atoms with Crippen LogP contribution in [-0.2, 0) is 17.8 Å². The molecule has 0 saturated carbocycles. The summed E-state index contributed by atoms with van der Waals surface area (Å²) < 4.78 is 5.09. The lowest BCUT2D eigenvalue weighted by atomic mass is 9.81. The van der Waals surface area contributed by atoms with Crippen molar-refractivity contribution in [3.05, 3.63) is 53.4 Å². The first-order valence-corrected chi connectivity index (χ1v) is 9.48. The molecule has 6 heteroatoms. The number of hydrogen-bond acceptors (Lipinski definition) is 5. The molecule has 3 rings (SSSR count). The third kappa shape index (κ3) is 5.26. The fourth-order valence-corrected chi connectivity index (χ4v) is 3.65. The molecule has 1 aliphatic heterocycles. The van der Waals surface area contributed by atoms with E-state index in [1.165, 1.54) is 6.92 Å². The number of piperidine rings is 1. The molecule has 0 radical (unpaired) electrons. The Kier molecular flexibility index (Phi) is 6.40. The predicted molar refractivity (Wildman–Crippen MR) is 102 cm³/mol. The van der Waals surface area contributed by atoms with Gasteiger partial charge < -0.3 is 14.7 Å². The van der Waals surface area contributed by atoms with E-state index in [9.17, 15) is 9.59 Å². The highest BCUT2D eigenvalue weighted by Gasteiger charge is 2.29. The molecule has 2 aromatic rings. The van der Waals surface area contributed by atoms with Crippen LogP contribution in [0.1, 0.15) is 41.6 Å². The molecular formula is C21H27N3O3. The van der Waals surface area contributed by atoms with Crippen molar-refractivity contribution in [3.8, 4) is 0 Å². The van der Waals surface area contributed by atoms with Gasteiger partial charge in [0.1, 0.15) is 0 Å². The van der Waals surface area contributed by atoms with Crippen molar-refractivity contribution in [1.29, 1.82) is 0 Å². The molecule has 0 spiro atoms. The van der Waals surface area contributed by atoms with Crippen LogP contribution in [-0.4, -0.2) is 41.9 Å². The van der Waals surface area contributed by atoms with E-state index in [0.29, 0.717) is 37.0 Å². The number of carbonyl (C=O) groups excluding carboxylic acids is 2. The maximum Gasteiger partial charge on any atom is 0.222 e. The van der Waals surface area contributed by atoms with Gasteiger partial charge in [0.15, 0.2) is 5.78 Å². The van der Waals surface area contributed by atoms with Gasteiger partial charge in [-0.15, -0.1) is 0 Å². The molecule has 6 nitrogen and oxygen atoms in total. The number of Topliss-reactive ketones (excluding diaryl/α,β-unsaturated/α-hetero) is 1. The Morgan fingerprint density at radius 3 is 2.74 bits per heavy atom. The average molecular weight is 369 g/mol. The number of hydrogen-bond donors (Lipinski definition) is 1. The lowest BCUT2D eigenvalue weighted by molar-refractivity contribution is -0.132. The van der Waals surface area contributed by atoms with Crippen LogP contribution in [0.5, 0.6) is 0 Å². The quantitative estimate of drug-likeness (QED) is 0.760. The summed E-state index contributed by atoms with van der Waals surface area (Å²) in [6.45, 7) is 3.87. The zero-order valence-electron chi connectivity index (χ0n) is 16.0. The van der Waals surface area contributed by atoms with Crippen LogP contribution < -0.4 is 5.32 Å². The molecular weight excluding hydrogens is 342 g/mol. The Labute approximate surface area is 159 Å². The molecule has 1 aromatic heterocycles. The maximum absolute atomic E-state index is 12.7. The van der Waals surface area contributed by atoms with Gasteiger partial charge in [-0.1, -0.05) is 35.5 Å². The summed E-state index contributed by atoms with van der Waals surface area (Å²) in [6.07, 6.45) is 2.21. The highest BCUT2D eigenvalue weighted by molar-refractivity contribution is 5.91. The van der Waals surface area contributed by atoms with E-state index in [1.54, 1.807) is 11.0 Å². The second-order valence-electron chi connectivity index (χ2n) is 7.40. The van der Waals surface area contributed by atoms with E-state index in [4.69, 9.17) is 4.52 Å². The molecule has 1 amide bonds. The monoisotopic (exact) mass is 369 g/mol. The minimum Gasteiger partial charge on any atom is -0.353 e. The van der Waals surface area contributed by atoms with E-state index < -0.39 is 0 Å². The fourth-order valence-electron chi connectivity index (χ4n) is 3.65. The van der Waals surface area contributed by atoms with Gasteiger partial charge in [0.25, 0.3) is 0 Å². The van der Waals surface area contributed by atoms with Crippen molar-refractivity contribution < 1.29 is 14.1 Å². The first-order valence-electron chi connectivity index (χ1n) is 9.48. The molecule has 2 unspecified atom stereocenters. The minimum absolute atomic E-state index is 0.121. The minimum atomic E-state index is -0.121. The fraction of sp³-hybridized carbons (Fsp3) is 0.476. The normalized spacial score (nSPS) is 19.6. The number of rotatable bonds is 7. The maximum atomic E-state index is 12.7. The van der Waals surface area contributed by atoms with Crippen LogP contribution in [0, 0.1) is 11.8 Å². The van der Waals surface area contributed by atoms with E-state index in [0.717, 1.165) is 30.8 Å². The van der Waals surface area contributed by atoms with Gasteiger partial charge in [0.2, 0.25) is 11.7 Å². The number of ketones is 1. The van der Waals surface area contributed by atoms with Crippen LogP contribution in [0.15, 0.2) is 40.9 Å². The summed E-state index contributed by atoms with van der Waals surface area (Å²) >= 11 is 0. The van der Waals surface area contributed by atoms with Crippen LogP contribution in [0.4, 0.5) is 0 Å². The third-order valence-corrected chi connectivity index (χ3v) is 5.27. The van der Waals surface area contributed by atoms with Gasteiger partial charge >= 0.3 is 0 Å². The molecule has 1 aliphatic rings. The Balaban J connectivity index is 1.59. The SMILES string of the molecule is CC(=O)c1cc(CC2CNCCC2CC(=O)N(C)Cc2ccccc2)no1. The molecule has 144 valence electrons. The molecule has 0 bridgehead atoms. The Bertz CT molecular complexity index is 772. The topological polar surface area (TPSA) is 75.4 Å². The third-order valence-electron chi connectivity index (χ3n) is 5.27. The van der Waals surface area contributed by atoms with Crippen molar-refractivity contribution >= 4 is 11.7 Å². The Morgan fingerprint density at radius 2 is 2.04 bits per heavy atom. The van der Waals surface area contributed by atoms with Crippen molar-refractivity contribution in [2.24, 2.45) is 11.8 Å². The lowest BCUT2D eigenvalue weighted by Gasteiger charge is -2.32. The zero-order valence-corrected chi connectivity index (χ0v) is 16.0. The Hall–Kier alpha value is -2.47. The van der Waals surface area contributed by atoms with Crippen molar-refractivity contribution in [2.75, 3.05) is 20.1 Å². The summed E-state index contributed by atoms with van der Waals surface area (Å²) in [7, 11) is 1.86. The number of carbonyl (C=O) groups is 2. The smallest absolute Gasteiger partial charge is 0.222 e. The average Bonchev–Trinajstić information content (AvgIpc) is 3.13. The van der Waals surface area contributed by atoms with Gasteiger partial charge in [0, 0.05) is 33.0 Å². The number of benzene rings is 1. The van der Waals surface area contributed by atoms with Crippen LogP contribution in [0.25, 0.3) is 0 Å². The van der Waals surface area contributed by atoms with Gasteiger partial charge in [-0.3, -0.25) is 9.59 Å². The van der Waals surface area contributed by atoms with Crippen LogP contribution >= 0.6 is 0 Å². The summed E-state index contributed by atoms with van der Waals surface area (Å²) in [5.41, 5.74) is 1.92. The number of aromatic nitrogens is 1. The first kappa shape index (κ1) is 19.3. The number of nitrogens with one attached hydrogen (secondary N) is 1. The highest BCUT2D eigenvalue weighted by atomic mass is 16.5. The van der Waals surface area contributed by atoms with Crippen molar-refractivity contribution in [2.45, 2.75) is 32.7 Å². The largest absolute Gasteiger partial charge is 0.353 e. The van der Waals surface area contributed by atoms with E-state index in [2.05, 4.69) is 10.5 Å². The lowest BCUT2D eigenvalue weighted by Crippen LogP contribution is -2.40. The molecule has 2 atom stereocenters. The summed E-state index contributed by atoms with van der Waals surface area (Å²) in [4.78, 5) is 25.9. The molecule has 1 fully saturated rings. The molecule has 1 saturated heterocycles. The van der Waals surface area contributed by atoms with Gasteiger partial charge in [-0.2, -0.15) is 0 Å². The van der Waals surface area contributed by atoms with Crippen LogP contribution in [0.3, 0.4) is 0 Å². The molecule has 2 heterocycles. The highest BCUT2D eigenvalue weighted by Crippen LogP contribution is 2.27. The summed E-state index contributed by atoms with van der Waals surface area (Å²) in [5, 5.41) is 7.42. The van der Waals surface area contributed by atoms with Crippen LogP contribution in [0.2, 0.25) is 0 Å².